The summed E-state index contributed by atoms with van der Waals surface area (Å²) in [5.74, 6) is 1.08. The zero-order chi connectivity index (χ0) is 14.2. The van der Waals surface area contributed by atoms with E-state index in [2.05, 4.69) is 9.88 Å². The van der Waals surface area contributed by atoms with Crippen LogP contribution in [0.2, 0.25) is 0 Å². The molecule has 7 heteroatoms. The van der Waals surface area contributed by atoms with Crippen LogP contribution in [-0.4, -0.2) is 54.0 Å². The molecule has 0 bridgehead atoms. The van der Waals surface area contributed by atoms with Crippen LogP contribution in [-0.2, 0) is 10.0 Å². The maximum atomic E-state index is 11.8. The number of fused-ring (bicyclic) bond motifs is 1. The fraction of sp³-hybridized carbons (Fsp3) is 0.462. The van der Waals surface area contributed by atoms with Crippen LogP contribution in [0.5, 0.6) is 0 Å². The Morgan fingerprint density at radius 3 is 2.60 bits per heavy atom. The summed E-state index contributed by atoms with van der Waals surface area (Å²) in [6.07, 6.45) is 3.95. The van der Waals surface area contributed by atoms with Crippen molar-refractivity contribution in [3.05, 3.63) is 30.6 Å². The number of imidazole rings is 1. The summed E-state index contributed by atoms with van der Waals surface area (Å²) in [7, 11) is -3.07. The molecule has 6 nitrogen and oxygen atoms in total. The smallest absolute Gasteiger partial charge is 0.213 e. The van der Waals surface area contributed by atoms with Gasteiger partial charge in [-0.2, -0.15) is 4.31 Å². The summed E-state index contributed by atoms with van der Waals surface area (Å²) in [5, 5.41) is 0. The van der Waals surface area contributed by atoms with E-state index in [0.29, 0.717) is 26.2 Å². The van der Waals surface area contributed by atoms with Gasteiger partial charge in [-0.1, -0.05) is 6.07 Å². The highest BCUT2D eigenvalue weighted by atomic mass is 32.2. The Hall–Kier alpha value is -1.60. The summed E-state index contributed by atoms with van der Waals surface area (Å²) in [6.45, 7) is 4.12. The second-order valence-electron chi connectivity index (χ2n) is 4.85. The number of pyridine rings is 1. The molecule has 0 aliphatic carbocycles. The van der Waals surface area contributed by atoms with Gasteiger partial charge in [0.2, 0.25) is 10.0 Å². The molecule has 1 aliphatic rings. The van der Waals surface area contributed by atoms with E-state index in [9.17, 15) is 8.42 Å². The lowest BCUT2D eigenvalue weighted by Gasteiger charge is -2.33. The van der Waals surface area contributed by atoms with Gasteiger partial charge in [0.1, 0.15) is 11.5 Å². The molecule has 0 unspecified atom stereocenters. The van der Waals surface area contributed by atoms with Crippen LogP contribution in [0.15, 0.2) is 30.6 Å². The Labute approximate surface area is 118 Å². The number of piperazine rings is 1. The predicted octanol–water partition coefficient (Wildman–Crippen LogP) is 0.806. The van der Waals surface area contributed by atoms with Gasteiger partial charge in [0, 0.05) is 32.4 Å². The number of sulfonamides is 1. The molecular weight excluding hydrogens is 276 g/mol. The second kappa shape index (κ2) is 5.06. The number of hydrogen-bond donors (Lipinski definition) is 0. The van der Waals surface area contributed by atoms with Crippen LogP contribution in [0.25, 0.3) is 5.65 Å². The van der Waals surface area contributed by atoms with Crippen LogP contribution in [0, 0.1) is 0 Å². The average Bonchev–Trinajstić information content (AvgIpc) is 2.91. The molecule has 108 valence electrons. The van der Waals surface area contributed by atoms with Crippen molar-refractivity contribution in [1.29, 1.82) is 0 Å². The molecule has 0 aromatic carbocycles. The van der Waals surface area contributed by atoms with Crippen LogP contribution in [0.4, 0.5) is 5.82 Å². The number of nitrogens with zero attached hydrogens (tertiary/aromatic N) is 4. The Morgan fingerprint density at radius 2 is 1.95 bits per heavy atom. The van der Waals surface area contributed by atoms with E-state index in [1.54, 1.807) is 11.2 Å². The maximum Gasteiger partial charge on any atom is 0.213 e. The third-order valence-electron chi connectivity index (χ3n) is 3.67. The van der Waals surface area contributed by atoms with Crippen molar-refractivity contribution in [2.24, 2.45) is 0 Å². The van der Waals surface area contributed by atoms with Gasteiger partial charge in [-0.05, 0) is 19.1 Å². The molecule has 20 heavy (non-hydrogen) atoms. The van der Waals surface area contributed by atoms with Crippen molar-refractivity contribution in [3.63, 3.8) is 0 Å². The number of anilines is 1. The lowest BCUT2D eigenvalue weighted by molar-refractivity contribution is 0.384. The molecule has 2 aromatic rings. The van der Waals surface area contributed by atoms with Gasteiger partial charge in [-0.15, -0.1) is 0 Å². The Morgan fingerprint density at radius 1 is 1.20 bits per heavy atom. The SMILES string of the molecule is CCS(=O)(=O)N1CCN(c2cn3ccccc3n2)CC1. The standard InChI is InChI=1S/C13H18N4O2S/c1-2-20(18,19)17-9-7-15(8-10-17)13-11-16-6-4-3-5-12(16)14-13/h3-6,11H,2,7-10H2,1H3. The molecule has 0 saturated carbocycles. The van der Waals surface area contributed by atoms with Gasteiger partial charge in [-0.3, -0.25) is 0 Å². The van der Waals surface area contributed by atoms with E-state index >= 15 is 0 Å². The highest BCUT2D eigenvalue weighted by molar-refractivity contribution is 7.89. The first-order valence-electron chi connectivity index (χ1n) is 6.76. The van der Waals surface area contributed by atoms with Gasteiger partial charge >= 0.3 is 0 Å². The maximum absolute atomic E-state index is 11.8. The van der Waals surface area contributed by atoms with Gasteiger partial charge in [0.05, 0.1) is 11.9 Å². The molecule has 0 radical (unpaired) electrons. The number of aromatic nitrogens is 2. The molecule has 0 N–H and O–H groups in total. The van der Waals surface area contributed by atoms with Crippen molar-refractivity contribution < 1.29 is 8.42 Å². The summed E-state index contributed by atoms with van der Waals surface area (Å²) in [5.41, 5.74) is 0.908. The van der Waals surface area contributed by atoms with Crippen LogP contribution < -0.4 is 4.90 Å². The highest BCUT2D eigenvalue weighted by Gasteiger charge is 2.26. The minimum absolute atomic E-state index is 0.168. The van der Waals surface area contributed by atoms with E-state index < -0.39 is 10.0 Å². The Bertz CT molecular complexity index is 669. The molecular formula is C13H18N4O2S. The van der Waals surface area contributed by atoms with Crippen molar-refractivity contribution in [2.45, 2.75) is 6.92 Å². The quantitative estimate of drug-likeness (QED) is 0.840. The van der Waals surface area contributed by atoms with Crippen LogP contribution in [0.3, 0.4) is 0 Å². The molecule has 0 amide bonds. The first-order chi connectivity index (χ1) is 9.60. The van der Waals surface area contributed by atoms with E-state index in [4.69, 9.17) is 0 Å². The topological polar surface area (TPSA) is 57.9 Å². The van der Waals surface area contributed by atoms with Crippen molar-refractivity contribution >= 4 is 21.5 Å². The fourth-order valence-electron chi connectivity index (χ4n) is 2.45. The largest absolute Gasteiger partial charge is 0.353 e. The van der Waals surface area contributed by atoms with Crippen LogP contribution >= 0.6 is 0 Å². The predicted molar refractivity (Wildman–Crippen MR) is 78.4 cm³/mol. The zero-order valence-electron chi connectivity index (χ0n) is 11.4. The van der Waals surface area contributed by atoms with Crippen LogP contribution in [0.1, 0.15) is 6.92 Å². The molecule has 3 rings (SSSR count). The summed E-state index contributed by atoms with van der Waals surface area (Å²) >= 11 is 0. The van der Waals surface area contributed by atoms with Gasteiger partial charge < -0.3 is 9.30 Å². The van der Waals surface area contributed by atoms with E-state index in [1.807, 2.05) is 35.0 Å². The molecule has 0 spiro atoms. The summed E-state index contributed by atoms with van der Waals surface area (Å²) in [4.78, 5) is 6.70. The van der Waals surface area contributed by atoms with Crippen molar-refractivity contribution in [3.8, 4) is 0 Å². The minimum atomic E-state index is -3.07. The molecule has 1 saturated heterocycles. The Balaban J connectivity index is 1.75. The van der Waals surface area contributed by atoms with Crippen molar-refractivity contribution in [1.82, 2.24) is 13.7 Å². The normalized spacial score (nSPS) is 17.8. The molecule has 2 aromatic heterocycles. The molecule has 0 atom stereocenters. The van der Waals surface area contributed by atoms with E-state index in [-0.39, 0.29) is 5.75 Å². The third-order valence-corrected chi connectivity index (χ3v) is 5.55. The van der Waals surface area contributed by atoms with E-state index in [1.165, 1.54) is 0 Å². The minimum Gasteiger partial charge on any atom is -0.353 e. The number of hydrogen-bond acceptors (Lipinski definition) is 4. The van der Waals surface area contributed by atoms with E-state index in [0.717, 1.165) is 11.5 Å². The van der Waals surface area contributed by atoms with Gasteiger partial charge in [0.25, 0.3) is 0 Å². The fourth-order valence-corrected chi connectivity index (χ4v) is 3.54. The number of rotatable bonds is 3. The highest BCUT2D eigenvalue weighted by Crippen LogP contribution is 2.17. The van der Waals surface area contributed by atoms with Gasteiger partial charge in [0.15, 0.2) is 0 Å². The second-order valence-corrected chi connectivity index (χ2v) is 7.11. The average molecular weight is 294 g/mol. The molecule has 3 heterocycles. The molecule has 1 aliphatic heterocycles. The first kappa shape index (κ1) is 13.4. The third kappa shape index (κ3) is 2.38. The summed E-state index contributed by atoms with van der Waals surface area (Å²) in [6, 6.07) is 5.88. The first-order valence-corrected chi connectivity index (χ1v) is 8.37. The van der Waals surface area contributed by atoms with Crippen molar-refractivity contribution in [2.75, 3.05) is 36.8 Å². The summed E-state index contributed by atoms with van der Waals surface area (Å²) < 4.78 is 27.2. The zero-order valence-corrected chi connectivity index (χ0v) is 12.3. The molecule has 1 fully saturated rings. The Kier molecular flexibility index (Phi) is 3.39. The monoisotopic (exact) mass is 294 g/mol. The van der Waals surface area contributed by atoms with Gasteiger partial charge in [-0.25, -0.2) is 13.4 Å². The lowest BCUT2D eigenvalue weighted by atomic mass is 10.4. The lowest BCUT2D eigenvalue weighted by Crippen LogP contribution is -2.49.